The summed E-state index contributed by atoms with van der Waals surface area (Å²) in [6.07, 6.45) is -0.228. The molecular weight excluding hydrogens is 346 g/mol. The van der Waals surface area contributed by atoms with Gasteiger partial charge in [-0.15, -0.1) is 0 Å². The Labute approximate surface area is 159 Å². The first-order valence-electron chi connectivity index (χ1n) is 8.88. The van der Waals surface area contributed by atoms with Crippen molar-refractivity contribution >= 4 is 17.6 Å². The fourth-order valence-corrected chi connectivity index (χ4v) is 2.47. The van der Waals surface area contributed by atoms with Crippen molar-refractivity contribution in [2.75, 3.05) is 19.0 Å². The van der Waals surface area contributed by atoms with Gasteiger partial charge >= 0.3 is 5.97 Å². The van der Waals surface area contributed by atoms with Crippen molar-refractivity contribution in [2.24, 2.45) is 0 Å². The Morgan fingerprint density at radius 3 is 2.44 bits per heavy atom. The molecule has 0 saturated carbocycles. The van der Waals surface area contributed by atoms with Gasteiger partial charge in [0.1, 0.15) is 11.5 Å². The molecule has 2 rings (SSSR count). The number of methoxy groups -OCH3 is 1. The van der Waals surface area contributed by atoms with E-state index in [9.17, 15) is 9.59 Å². The van der Waals surface area contributed by atoms with Crippen LogP contribution in [-0.4, -0.2) is 31.7 Å². The maximum atomic E-state index is 12.2. The molecule has 2 aromatic rings. The van der Waals surface area contributed by atoms with E-state index in [1.165, 1.54) is 0 Å². The van der Waals surface area contributed by atoms with E-state index in [-0.39, 0.29) is 12.3 Å². The zero-order chi connectivity index (χ0) is 19.6. The van der Waals surface area contributed by atoms with Gasteiger partial charge in [-0.1, -0.05) is 18.2 Å². The third-order valence-corrected chi connectivity index (χ3v) is 3.91. The second kappa shape index (κ2) is 10.2. The van der Waals surface area contributed by atoms with Crippen LogP contribution in [0.5, 0.6) is 11.5 Å². The molecule has 0 aliphatic heterocycles. The first-order chi connectivity index (χ1) is 13.0. The molecule has 0 saturated heterocycles. The number of anilines is 1. The predicted octanol–water partition coefficient (Wildman–Crippen LogP) is 3.60. The molecule has 0 aliphatic rings. The van der Waals surface area contributed by atoms with Crippen LogP contribution in [0.2, 0.25) is 0 Å². The van der Waals surface area contributed by atoms with Gasteiger partial charge < -0.3 is 19.5 Å². The Morgan fingerprint density at radius 1 is 1.07 bits per heavy atom. The minimum Gasteiger partial charge on any atom is -0.497 e. The monoisotopic (exact) mass is 371 g/mol. The van der Waals surface area contributed by atoms with E-state index in [1.807, 2.05) is 31.2 Å². The van der Waals surface area contributed by atoms with E-state index in [2.05, 4.69) is 5.32 Å². The minimum absolute atomic E-state index is 0.171. The Balaban J connectivity index is 1.83. The largest absolute Gasteiger partial charge is 0.497 e. The third-order valence-electron chi connectivity index (χ3n) is 3.91. The number of carbonyl (C=O) groups excluding carboxylic acids is 2. The van der Waals surface area contributed by atoms with E-state index >= 15 is 0 Å². The van der Waals surface area contributed by atoms with Gasteiger partial charge in [-0.2, -0.15) is 0 Å². The minimum atomic E-state index is -0.887. The van der Waals surface area contributed by atoms with Gasteiger partial charge in [0.2, 0.25) is 0 Å². The summed E-state index contributed by atoms with van der Waals surface area (Å²) in [4.78, 5) is 24.3. The highest BCUT2D eigenvalue weighted by atomic mass is 16.5. The molecule has 0 heterocycles. The highest BCUT2D eigenvalue weighted by Gasteiger charge is 2.18. The molecule has 0 fully saturated rings. The number of hydrogen-bond donors (Lipinski definition) is 1. The Bertz CT molecular complexity index is 757. The number of nitrogens with one attached hydrogen (secondary N) is 1. The molecule has 0 unspecified atom stereocenters. The molecule has 2 aromatic carbocycles. The summed E-state index contributed by atoms with van der Waals surface area (Å²) in [5.41, 5.74) is 1.54. The van der Waals surface area contributed by atoms with Crippen LogP contribution in [0.15, 0.2) is 48.5 Å². The van der Waals surface area contributed by atoms with Crippen LogP contribution in [0.4, 0.5) is 5.69 Å². The lowest BCUT2D eigenvalue weighted by atomic mass is 10.1. The highest BCUT2D eigenvalue weighted by molar-refractivity contribution is 5.95. The van der Waals surface area contributed by atoms with E-state index in [4.69, 9.17) is 14.2 Å². The normalized spacial score (nSPS) is 11.4. The Kier molecular flexibility index (Phi) is 7.67. The number of rotatable bonds is 9. The van der Waals surface area contributed by atoms with Crippen molar-refractivity contribution in [1.82, 2.24) is 0 Å². The maximum Gasteiger partial charge on any atom is 0.306 e. The second-order valence-electron chi connectivity index (χ2n) is 5.89. The van der Waals surface area contributed by atoms with E-state index in [1.54, 1.807) is 38.3 Å². The topological polar surface area (TPSA) is 73.9 Å². The molecule has 6 heteroatoms. The second-order valence-corrected chi connectivity index (χ2v) is 5.89. The van der Waals surface area contributed by atoms with E-state index in [0.717, 1.165) is 11.3 Å². The molecule has 0 aromatic heterocycles. The SMILES string of the molecule is CCOc1ccccc1CCC(=O)O[C@@H](C)C(=O)Nc1ccc(OC)cc1. The third kappa shape index (κ3) is 6.33. The van der Waals surface area contributed by atoms with Gasteiger partial charge in [0, 0.05) is 12.1 Å². The molecule has 144 valence electrons. The average molecular weight is 371 g/mol. The van der Waals surface area contributed by atoms with Crippen molar-refractivity contribution in [3.63, 3.8) is 0 Å². The first-order valence-corrected chi connectivity index (χ1v) is 8.88. The lowest BCUT2D eigenvalue weighted by Gasteiger charge is -2.14. The molecule has 0 radical (unpaired) electrons. The first kappa shape index (κ1) is 20.3. The number of hydrogen-bond acceptors (Lipinski definition) is 5. The molecule has 0 spiro atoms. The zero-order valence-corrected chi connectivity index (χ0v) is 15.9. The lowest BCUT2D eigenvalue weighted by Crippen LogP contribution is -2.30. The zero-order valence-electron chi connectivity index (χ0n) is 15.9. The quantitative estimate of drug-likeness (QED) is 0.682. The van der Waals surface area contributed by atoms with Crippen LogP contribution in [0, 0.1) is 0 Å². The fraction of sp³-hybridized carbons (Fsp3) is 0.333. The number of amides is 1. The molecule has 27 heavy (non-hydrogen) atoms. The van der Waals surface area contributed by atoms with Gasteiger partial charge in [0.05, 0.1) is 13.7 Å². The van der Waals surface area contributed by atoms with Gasteiger partial charge in [-0.25, -0.2) is 0 Å². The lowest BCUT2D eigenvalue weighted by molar-refractivity contribution is -0.153. The van der Waals surface area contributed by atoms with Crippen LogP contribution < -0.4 is 14.8 Å². The maximum absolute atomic E-state index is 12.2. The van der Waals surface area contributed by atoms with Crippen molar-refractivity contribution in [3.05, 3.63) is 54.1 Å². The molecular formula is C21H25NO5. The number of aryl methyl sites for hydroxylation is 1. The van der Waals surface area contributed by atoms with E-state index < -0.39 is 12.1 Å². The van der Waals surface area contributed by atoms with Gasteiger partial charge in [0.25, 0.3) is 5.91 Å². The summed E-state index contributed by atoms with van der Waals surface area (Å²) in [6.45, 7) is 4.02. The fourth-order valence-electron chi connectivity index (χ4n) is 2.47. The van der Waals surface area contributed by atoms with Crippen LogP contribution in [0.3, 0.4) is 0 Å². The average Bonchev–Trinajstić information content (AvgIpc) is 2.68. The standard InChI is InChI=1S/C21H25NO5/c1-4-26-19-8-6-5-7-16(19)9-14-20(23)27-15(2)21(24)22-17-10-12-18(25-3)13-11-17/h5-8,10-13,15H,4,9,14H2,1-3H3,(H,22,24)/t15-/m0/s1. The molecule has 1 atom stereocenters. The van der Waals surface area contributed by atoms with E-state index in [0.29, 0.717) is 24.5 Å². The number of para-hydroxylation sites is 1. The highest BCUT2D eigenvalue weighted by Crippen LogP contribution is 2.20. The molecule has 1 amide bonds. The van der Waals surface area contributed by atoms with Gasteiger partial charge in [-0.3, -0.25) is 9.59 Å². The number of carbonyl (C=O) groups is 2. The van der Waals surface area contributed by atoms with Crippen molar-refractivity contribution in [2.45, 2.75) is 32.8 Å². The molecule has 0 bridgehead atoms. The number of esters is 1. The molecule has 1 N–H and O–H groups in total. The van der Waals surface area contributed by atoms with Crippen LogP contribution in [0.1, 0.15) is 25.8 Å². The smallest absolute Gasteiger partial charge is 0.306 e. The van der Waals surface area contributed by atoms with Crippen molar-refractivity contribution in [1.29, 1.82) is 0 Å². The van der Waals surface area contributed by atoms with Crippen LogP contribution >= 0.6 is 0 Å². The predicted molar refractivity (Wildman–Crippen MR) is 103 cm³/mol. The van der Waals surface area contributed by atoms with Gasteiger partial charge in [-0.05, 0) is 56.2 Å². The summed E-state index contributed by atoms with van der Waals surface area (Å²) in [5, 5.41) is 2.71. The van der Waals surface area contributed by atoms with Crippen molar-refractivity contribution < 1.29 is 23.8 Å². The number of benzene rings is 2. The summed E-state index contributed by atoms with van der Waals surface area (Å²) in [6, 6.07) is 14.5. The summed E-state index contributed by atoms with van der Waals surface area (Å²) in [7, 11) is 1.57. The summed E-state index contributed by atoms with van der Waals surface area (Å²) < 4.78 is 15.9. The Hall–Kier alpha value is -3.02. The van der Waals surface area contributed by atoms with Crippen LogP contribution in [-0.2, 0) is 20.7 Å². The van der Waals surface area contributed by atoms with Crippen LogP contribution in [0.25, 0.3) is 0 Å². The summed E-state index contributed by atoms with van der Waals surface area (Å²) in [5.74, 6) is 0.639. The molecule has 0 aliphatic carbocycles. The van der Waals surface area contributed by atoms with Gasteiger partial charge in [0.15, 0.2) is 6.10 Å². The summed E-state index contributed by atoms with van der Waals surface area (Å²) >= 11 is 0. The number of ether oxygens (including phenoxy) is 3. The van der Waals surface area contributed by atoms with Crippen molar-refractivity contribution in [3.8, 4) is 11.5 Å². The molecule has 6 nitrogen and oxygen atoms in total. The Morgan fingerprint density at radius 2 is 1.78 bits per heavy atom.